The summed E-state index contributed by atoms with van der Waals surface area (Å²) in [6, 6.07) is 9.26. The molecule has 78 valence electrons. The molecule has 0 saturated heterocycles. The molecule has 3 aromatic heterocycles. The highest BCUT2D eigenvalue weighted by Crippen LogP contribution is 2.17. The normalized spacial score (nSPS) is 10.8. The topological polar surface area (TPSA) is 80.5 Å². The lowest BCUT2D eigenvalue weighted by molar-refractivity contribution is 1.23. The van der Waals surface area contributed by atoms with E-state index in [-0.39, 0.29) is 0 Å². The number of H-pyrrole nitrogens is 1. The molecular weight excluding hydrogens is 202 g/mol. The van der Waals surface area contributed by atoms with Gasteiger partial charge in [0, 0.05) is 6.20 Å². The summed E-state index contributed by atoms with van der Waals surface area (Å²) >= 11 is 0. The summed E-state index contributed by atoms with van der Waals surface area (Å²) < 4.78 is 0. The summed E-state index contributed by atoms with van der Waals surface area (Å²) in [6.07, 6.45) is 1.73. The van der Waals surface area contributed by atoms with Gasteiger partial charge in [0.15, 0.2) is 11.5 Å². The third-order valence-electron chi connectivity index (χ3n) is 2.27. The van der Waals surface area contributed by atoms with E-state index in [1.807, 2.05) is 24.3 Å². The number of pyridine rings is 2. The summed E-state index contributed by atoms with van der Waals surface area (Å²) in [6.45, 7) is 0. The van der Waals surface area contributed by atoms with Gasteiger partial charge in [-0.15, -0.1) is 0 Å². The highest BCUT2D eigenvalue weighted by Gasteiger charge is 2.06. The van der Waals surface area contributed by atoms with Gasteiger partial charge in [-0.25, -0.2) is 9.97 Å². The molecule has 3 N–H and O–H groups in total. The number of nitrogens with zero attached hydrogens (tertiary/aromatic N) is 3. The van der Waals surface area contributed by atoms with Crippen molar-refractivity contribution in [2.75, 3.05) is 5.73 Å². The number of anilines is 1. The average Bonchev–Trinajstić information content (AvgIpc) is 2.73. The van der Waals surface area contributed by atoms with Gasteiger partial charge < -0.3 is 10.7 Å². The fraction of sp³-hybridized carbons (Fsp3) is 0. The van der Waals surface area contributed by atoms with Crippen LogP contribution in [-0.4, -0.2) is 19.9 Å². The van der Waals surface area contributed by atoms with Crippen LogP contribution in [0.15, 0.2) is 36.5 Å². The fourth-order valence-corrected chi connectivity index (χ4v) is 1.53. The van der Waals surface area contributed by atoms with E-state index in [0.717, 1.165) is 11.2 Å². The summed E-state index contributed by atoms with van der Waals surface area (Å²) in [7, 11) is 0. The second kappa shape index (κ2) is 3.30. The Morgan fingerprint density at radius 2 is 2.00 bits per heavy atom. The van der Waals surface area contributed by atoms with Crippen LogP contribution in [0, 0.1) is 0 Å². The van der Waals surface area contributed by atoms with Crippen LogP contribution in [0.1, 0.15) is 0 Å². The number of hydrogen-bond donors (Lipinski definition) is 2. The maximum Gasteiger partial charge on any atom is 0.180 e. The minimum atomic E-state index is 0.464. The van der Waals surface area contributed by atoms with E-state index in [0.29, 0.717) is 17.3 Å². The predicted molar refractivity (Wildman–Crippen MR) is 61.5 cm³/mol. The molecule has 0 spiro atoms. The van der Waals surface area contributed by atoms with Gasteiger partial charge in [0.25, 0.3) is 0 Å². The molecule has 0 bridgehead atoms. The van der Waals surface area contributed by atoms with Crippen molar-refractivity contribution in [2.45, 2.75) is 0 Å². The predicted octanol–water partition coefficient (Wildman–Crippen LogP) is 1.60. The first-order valence-corrected chi connectivity index (χ1v) is 4.86. The lowest BCUT2D eigenvalue weighted by atomic mass is 10.3. The molecule has 0 radical (unpaired) electrons. The maximum absolute atomic E-state index is 5.59. The van der Waals surface area contributed by atoms with Crippen LogP contribution in [0.2, 0.25) is 0 Å². The molecule has 0 unspecified atom stereocenters. The Labute approximate surface area is 91.4 Å². The Hall–Kier alpha value is -2.43. The molecule has 5 heteroatoms. The number of nitrogens with two attached hydrogens (primary N) is 1. The van der Waals surface area contributed by atoms with E-state index in [9.17, 15) is 0 Å². The lowest BCUT2D eigenvalue weighted by Gasteiger charge is -1.91. The third kappa shape index (κ3) is 1.38. The molecule has 0 fully saturated rings. The van der Waals surface area contributed by atoms with Crippen LogP contribution >= 0.6 is 0 Å². The van der Waals surface area contributed by atoms with Gasteiger partial charge in [0.1, 0.15) is 11.5 Å². The molecule has 16 heavy (non-hydrogen) atoms. The minimum absolute atomic E-state index is 0.464. The zero-order valence-electron chi connectivity index (χ0n) is 8.38. The molecule has 3 heterocycles. The number of rotatable bonds is 1. The average molecular weight is 211 g/mol. The van der Waals surface area contributed by atoms with Gasteiger partial charge in [-0.3, -0.25) is 4.98 Å². The zero-order chi connectivity index (χ0) is 11.0. The van der Waals surface area contributed by atoms with Crippen LogP contribution in [0.3, 0.4) is 0 Å². The number of aromatic amines is 1. The summed E-state index contributed by atoms with van der Waals surface area (Å²) in [5.41, 5.74) is 7.85. The highest BCUT2D eigenvalue weighted by atomic mass is 15.0. The van der Waals surface area contributed by atoms with Crippen LogP contribution < -0.4 is 5.73 Å². The first kappa shape index (κ1) is 8.84. The second-order valence-electron chi connectivity index (χ2n) is 3.41. The summed E-state index contributed by atoms with van der Waals surface area (Å²) in [4.78, 5) is 15.8. The van der Waals surface area contributed by atoms with Gasteiger partial charge in [-0.05, 0) is 24.3 Å². The standard InChI is InChI=1S/C11H9N5/c12-9-5-4-8-11(15-9)16-10(14-8)7-3-1-2-6-13-7/h1-6H,(H3,12,14,15,16). The number of fused-ring (bicyclic) bond motifs is 1. The lowest BCUT2D eigenvalue weighted by Crippen LogP contribution is -1.88. The maximum atomic E-state index is 5.59. The van der Waals surface area contributed by atoms with E-state index < -0.39 is 0 Å². The molecular formula is C11H9N5. The van der Waals surface area contributed by atoms with Crippen molar-refractivity contribution in [1.29, 1.82) is 0 Å². The van der Waals surface area contributed by atoms with Gasteiger partial charge >= 0.3 is 0 Å². The monoisotopic (exact) mass is 211 g/mol. The Morgan fingerprint density at radius 3 is 2.81 bits per heavy atom. The van der Waals surface area contributed by atoms with Crippen molar-refractivity contribution in [3.8, 4) is 11.5 Å². The van der Waals surface area contributed by atoms with Gasteiger partial charge in [-0.2, -0.15) is 0 Å². The summed E-state index contributed by atoms with van der Waals surface area (Å²) in [5, 5.41) is 0. The number of nitrogen functional groups attached to an aromatic ring is 1. The molecule has 5 nitrogen and oxygen atoms in total. The molecule has 3 rings (SSSR count). The number of aromatic nitrogens is 4. The molecule has 0 amide bonds. The van der Waals surface area contributed by atoms with Crippen LogP contribution in [0.5, 0.6) is 0 Å². The van der Waals surface area contributed by atoms with Crippen molar-refractivity contribution in [1.82, 2.24) is 19.9 Å². The Kier molecular flexibility index (Phi) is 1.83. The van der Waals surface area contributed by atoms with Crippen LogP contribution in [-0.2, 0) is 0 Å². The molecule has 0 aliphatic carbocycles. The number of hydrogen-bond acceptors (Lipinski definition) is 4. The molecule has 0 aliphatic heterocycles. The number of nitrogens with one attached hydrogen (secondary N) is 1. The van der Waals surface area contributed by atoms with Crippen LogP contribution in [0.4, 0.5) is 5.82 Å². The first-order chi connectivity index (χ1) is 7.83. The Bertz CT molecular complexity index is 629. The second-order valence-corrected chi connectivity index (χ2v) is 3.41. The molecule has 3 aromatic rings. The van der Waals surface area contributed by atoms with E-state index in [1.54, 1.807) is 12.3 Å². The van der Waals surface area contributed by atoms with E-state index >= 15 is 0 Å². The van der Waals surface area contributed by atoms with Crippen molar-refractivity contribution >= 4 is 17.0 Å². The summed E-state index contributed by atoms with van der Waals surface area (Å²) in [5.74, 6) is 1.17. The SMILES string of the molecule is Nc1ccc2[nH]c(-c3ccccn3)nc2n1. The van der Waals surface area contributed by atoms with Crippen LogP contribution in [0.25, 0.3) is 22.7 Å². The minimum Gasteiger partial charge on any atom is -0.384 e. The smallest absolute Gasteiger partial charge is 0.180 e. The van der Waals surface area contributed by atoms with Gasteiger partial charge in [0.05, 0.1) is 5.52 Å². The Morgan fingerprint density at radius 1 is 1.06 bits per heavy atom. The van der Waals surface area contributed by atoms with Crippen molar-refractivity contribution in [3.05, 3.63) is 36.5 Å². The zero-order valence-corrected chi connectivity index (χ0v) is 8.38. The van der Waals surface area contributed by atoms with E-state index in [4.69, 9.17) is 5.73 Å². The molecule has 0 atom stereocenters. The first-order valence-electron chi connectivity index (χ1n) is 4.86. The Balaban J connectivity index is 2.19. The quantitative estimate of drug-likeness (QED) is 0.640. The fourth-order valence-electron chi connectivity index (χ4n) is 1.53. The molecule has 0 aromatic carbocycles. The third-order valence-corrected chi connectivity index (χ3v) is 2.27. The highest BCUT2D eigenvalue weighted by molar-refractivity contribution is 5.76. The van der Waals surface area contributed by atoms with Gasteiger partial charge in [0.2, 0.25) is 0 Å². The van der Waals surface area contributed by atoms with E-state index in [1.165, 1.54) is 0 Å². The molecule has 0 aliphatic rings. The number of imidazole rings is 1. The van der Waals surface area contributed by atoms with E-state index in [2.05, 4.69) is 19.9 Å². The molecule has 0 saturated carbocycles. The van der Waals surface area contributed by atoms with Gasteiger partial charge in [-0.1, -0.05) is 6.07 Å². The largest absolute Gasteiger partial charge is 0.384 e. The van der Waals surface area contributed by atoms with Crippen molar-refractivity contribution < 1.29 is 0 Å². The van der Waals surface area contributed by atoms with Crippen molar-refractivity contribution in [2.24, 2.45) is 0 Å². The van der Waals surface area contributed by atoms with Crippen molar-refractivity contribution in [3.63, 3.8) is 0 Å².